The average molecular weight is 308 g/mol. The molecule has 0 bridgehead atoms. The second-order valence-electron chi connectivity index (χ2n) is 5.43. The summed E-state index contributed by atoms with van der Waals surface area (Å²) in [7, 11) is 0. The number of benzene rings is 1. The molecule has 0 aliphatic carbocycles. The van der Waals surface area contributed by atoms with Crippen LogP contribution in [-0.4, -0.2) is 28.2 Å². The second kappa shape index (κ2) is 9.17. The minimum atomic E-state index is -0.832. The molecule has 2 atom stereocenters. The van der Waals surface area contributed by atoms with Crippen molar-refractivity contribution in [3.63, 3.8) is 0 Å². The summed E-state index contributed by atoms with van der Waals surface area (Å²) in [5.74, 6) is -1.18. The first-order chi connectivity index (χ1) is 10.5. The molecule has 0 saturated heterocycles. The number of carboxylic acid groups (broad SMARTS) is 1. The van der Waals surface area contributed by atoms with Gasteiger partial charge in [0.05, 0.1) is 0 Å². The quantitative estimate of drug-likeness (QED) is 0.411. The minimum absolute atomic E-state index is 0.0637. The molecule has 2 unspecified atom stereocenters. The van der Waals surface area contributed by atoms with E-state index < -0.39 is 17.9 Å². The lowest BCUT2D eigenvalue weighted by Crippen LogP contribution is -2.41. The molecule has 0 heterocycles. The number of amides is 1. The van der Waals surface area contributed by atoms with E-state index in [2.05, 4.69) is 5.32 Å². The van der Waals surface area contributed by atoms with E-state index in [1.54, 1.807) is 5.48 Å². The Morgan fingerprint density at radius 2 is 1.77 bits per heavy atom. The molecular formula is C16H24N2O4. The van der Waals surface area contributed by atoms with Crippen LogP contribution in [0.4, 0.5) is 0 Å². The van der Waals surface area contributed by atoms with E-state index >= 15 is 0 Å². The molecule has 1 amide bonds. The zero-order chi connectivity index (χ0) is 16.5. The van der Waals surface area contributed by atoms with Gasteiger partial charge in [-0.3, -0.25) is 14.8 Å². The molecule has 0 saturated carbocycles. The van der Waals surface area contributed by atoms with E-state index in [1.807, 2.05) is 38.1 Å². The highest BCUT2D eigenvalue weighted by Crippen LogP contribution is 2.11. The summed E-state index contributed by atoms with van der Waals surface area (Å²) in [6.45, 7) is 4.37. The molecule has 22 heavy (non-hydrogen) atoms. The van der Waals surface area contributed by atoms with Gasteiger partial charge in [-0.25, -0.2) is 5.48 Å². The molecule has 6 heteroatoms. The van der Waals surface area contributed by atoms with Crippen LogP contribution in [0.5, 0.6) is 0 Å². The van der Waals surface area contributed by atoms with Gasteiger partial charge in [0.1, 0.15) is 6.04 Å². The lowest BCUT2D eigenvalue weighted by molar-refractivity contribution is -0.141. The monoisotopic (exact) mass is 308 g/mol. The fourth-order valence-electron chi connectivity index (χ4n) is 2.13. The highest BCUT2D eigenvalue weighted by Gasteiger charge is 2.22. The van der Waals surface area contributed by atoms with Crippen molar-refractivity contribution in [1.82, 2.24) is 10.8 Å². The van der Waals surface area contributed by atoms with Gasteiger partial charge < -0.3 is 10.4 Å². The van der Waals surface area contributed by atoms with Gasteiger partial charge in [0.2, 0.25) is 5.91 Å². The molecule has 0 radical (unpaired) electrons. The van der Waals surface area contributed by atoms with Crippen molar-refractivity contribution in [2.75, 3.05) is 0 Å². The lowest BCUT2D eigenvalue weighted by atomic mass is 9.99. The van der Waals surface area contributed by atoms with E-state index in [0.717, 1.165) is 17.5 Å². The number of carboxylic acids is 1. The fraction of sp³-hybridized carbons (Fsp3) is 0.500. The van der Waals surface area contributed by atoms with Crippen molar-refractivity contribution >= 4 is 11.9 Å². The Morgan fingerprint density at radius 3 is 2.27 bits per heavy atom. The number of rotatable bonds is 9. The van der Waals surface area contributed by atoms with Gasteiger partial charge >= 0.3 is 5.97 Å². The Balaban J connectivity index is 2.53. The number of carbonyl (C=O) groups is 2. The van der Waals surface area contributed by atoms with Crippen LogP contribution in [-0.2, 0) is 22.6 Å². The fourth-order valence-corrected chi connectivity index (χ4v) is 2.13. The molecule has 6 nitrogen and oxygen atoms in total. The maximum absolute atomic E-state index is 11.2. The number of aliphatic carboxylic acids is 1. The van der Waals surface area contributed by atoms with Gasteiger partial charge in [-0.15, -0.1) is 0 Å². The number of hydroxylamine groups is 1. The first kappa shape index (κ1) is 18.1. The van der Waals surface area contributed by atoms with Crippen molar-refractivity contribution in [1.29, 1.82) is 0 Å². The van der Waals surface area contributed by atoms with Crippen LogP contribution in [0.25, 0.3) is 0 Å². The molecule has 0 aliphatic rings. The van der Waals surface area contributed by atoms with E-state index in [9.17, 15) is 14.7 Å². The van der Waals surface area contributed by atoms with Crippen LogP contribution in [0.1, 0.15) is 37.8 Å². The summed E-state index contributed by atoms with van der Waals surface area (Å²) in [6, 6.07) is 7.07. The summed E-state index contributed by atoms with van der Waals surface area (Å²) >= 11 is 0. The Bertz CT molecular complexity index is 487. The molecule has 4 N–H and O–H groups in total. The Kier molecular flexibility index (Phi) is 7.56. The summed E-state index contributed by atoms with van der Waals surface area (Å²) in [5.41, 5.74) is 3.58. The van der Waals surface area contributed by atoms with Gasteiger partial charge in [0, 0.05) is 13.0 Å². The zero-order valence-electron chi connectivity index (χ0n) is 13.0. The molecule has 0 aliphatic heterocycles. The molecule has 0 aromatic heterocycles. The molecular weight excluding hydrogens is 284 g/mol. The topological polar surface area (TPSA) is 98.7 Å². The van der Waals surface area contributed by atoms with E-state index in [-0.39, 0.29) is 12.3 Å². The predicted octanol–water partition coefficient (Wildman–Crippen LogP) is 1.71. The number of carbonyl (C=O) groups excluding carboxylic acids is 1. The summed E-state index contributed by atoms with van der Waals surface area (Å²) < 4.78 is 0. The van der Waals surface area contributed by atoms with E-state index in [0.29, 0.717) is 13.0 Å². The van der Waals surface area contributed by atoms with Crippen molar-refractivity contribution < 1.29 is 19.9 Å². The van der Waals surface area contributed by atoms with Crippen molar-refractivity contribution in [2.45, 2.75) is 45.7 Å². The highest BCUT2D eigenvalue weighted by atomic mass is 16.5. The lowest BCUT2D eigenvalue weighted by Gasteiger charge is -2.20. The van der Waals surface area contributed by atoms with E-state index in [1.165, 1.54) is 0 Å². The van der Waals surface area contributed by atoms with Crippen LogP contribution in [0.15, 0.2) is 24.3 Å². The van der Waals surface area contributed by atoms with Gasteiger partial charge in [-0.1, -0.05) is 44.5 Å². The number of nitrogens with one attached hydrogen (secondary N) is 2. The van der Waals surface area contributed by atoms with Crippen molar-refractivity contribution in [2.24, 2.45) is 5.92 Å². The molecule has 1 aromatic carbocycles. The smallest absolute Gasteiger partial charge is 0.320 e. The summed E-state index contributed by atoms with van der Waals surface area (Å²) in [4.78, 5) is 22.2. The Hall–Kier alpha value is -1.92. The van der Waals surface area contributed by atoms with E-state index in [4.69, 9.17) is 5.21 Å². The van der Waals surface area contributed by atoms with Crippen molar-refractivity contribution in [3.8, 4) is 0 Å². The van der Waals surface area contributed by atoms with Crippen LogP contribution in [0, 0.1) is 5.92 Å². The third-order valence-electron chi connectivity index (χ3n) is 3.79. The van der Waals surface area contributed by atoms with Crippen molar-refractivity contribution in [3.05, 3.63) is 35.4 Å². The third-order valence-corrected chi connectivity index (χ3v) is 3.79. The van der Waals surface area contributed by atoms with Crippen LogP contribution in [0.3, 0.4) is 0 Å². The first-order valence-corrected chi connectivity index (χ1v) is 7.44. The molecule has 1 aromatic rings. The van der Waals surface area contributed by atoms with Gasteiger partial charge in [0.15, 0.2) is 0 Å². The van der Waals surface area contributed by atoms with Crippen LogP contribution in [0.2, 0.25) is 0 Å². The Morgan fingerprint density at radius 1 is 1.18 bits per heavy atom. The number of hydrogen-bond donors (Lipinski definition) is 4. The Labute approximate surface area is 130 Å². The molecule has 0 spiro atoms. The second-order valence-corrected chi connectivity index (χ2v) is 5.43. The van der Waals surface area contributed by atoms with Gasteiger partial charge in [-0.2, -0.15) is 0 Å². The van der Waals surface area contributed by atoms with Gasteiger partial charge in [0.25, 0.3) is 0 Å². The molecule has 1 rings (SSSR count). The molecule has 0 fully saturated rings. The van der Waals surface area contributed by atoms with Crippen LogP contribution < -0.4 is 10.8 Å². The summed E-state index contributed by atoms with van der Waals surface area (Å²) in [5, 5.41) is 20.7. The standard InChI is InChI=1S/C16H24N2O4/c1-3-11(2)15(16(20)21)17-10-13-6-4-12(5-7-13)8-9-14(19)18-22/h4-7,11,15,17,22H,3,8-10H2,1-2H3,(H,18,19)(H,20,21). The zero-order valence-corrected chi connectivity index (χ0v) is 13.0. The highest BCUT2D eigenvalue weighted by molar-refractivity contribution is 5.74. The third kappa shape index (κ3) is 5.83. The summed E-state index contributed by atoms with van der Waals surface area (Å²) in [6.07, 6.45) is 1.57. The number of aryl methyl sites for hydroxylation is 1. The maximum Gasteiger partial charge on any atom is 0.320 e. The first-order valence-electron chi connectivity index (χ1n) is 7.44. The average Bonchev–Trinajstić information content (AvgIpc) is 2.53. The molecule has 122 valence electrons. The SMILES string of the molecule is CCC(C)C(NCc1ccc(CCC(=O)NO)cc1)C(=O)O. The maximum atomic E-state index is 11.2. The van der Waals surface area contributed by atoms with Crippen LogP contribution >= 0.6 is 0 Å². The predicted molar refractivity (Wildman–Crippen MR) is 82.4 cm³/mol. The largest absolute Gasteiger partial charge is 0.480 e. The van der Waals surface area contributed by atoms with Gasteiger partial charge in [-0.05, 0) is 23.5 Å². The number of hydrogen-bond acceptors (Lipinski definition) is 4. The normalized spacial score (nSPS) is 13.4. The minimum Gasteiger partial charge on any atom is -0.480 e.